The minimum absolute atomic E-state index is 1.14. The maximum atomic E-state index is 2.56. The van der Waals surface area contributed by atoms with Crippen LogP contribution in [0.5, 0.6) is 0 Å². The summed E-state index contributed by atoms with van der Waals surface area (Å²) in [6, 6.07) is 0. The molecule has 14 heavy (non-hydrogen) atoms. The molecule has 0 radical (unpaired) electrons. The molecule has 2 aliphatic carbocycles. The second-order valence-corrected chi connectivity index (χ2v) is 5.77. The fourth-order valence-electron chi connectivity index (χ4n) is 3.77. The van der Waals surface area contributed by atoms with Gasteiger partial charge in [0.05, 0.1) is 0 Å². The van der Waals surface area contributed by atoms with Crippen molar-refractivity contribution in [3.05, 3.63) is 0 Å². The summed E-state index contributed by atoms with van der Waals surface area (Å²) in [5.41, 5.74) is 0. The molecule has 0 amide bonds. The van der Waals surface area contributed by atoms with Crippen molar-refractivity contribution >= 4 is 0 Å². The van der Waals surface area contributed by atoms with E-state index in [0.29, 0.717) is 0 Å². The van der Waals surface area contributed by atoms with Crippen molar-refractivity contribution < 1.29 is 0 Å². The molecule has 1 aliphatic heterocycles. The summed E-state index contributed by atoms with van der Waals surface area (Å²) in [5.74, 6) is 3.45. The Balaban J connectivity index is 1.32. The zero-order chi connectivity index (χ0) is 9.38. The van der Waals surface area contributed by atoms with Gasteiger partial charge in [-0.05, 0) is 50.0 Å². The number of fused-ring (bicyclic) bond motifs is 2. The topological polar surface area (TPSA) is 3.01 Å². The van der Waals surface area contributed by atoms with Gasteiger partial charge in [-0.1, -0.05) is 19.3 Å². The Hall–Kier alpha value is -0.0400. The normalized spacial score (nSPS) is 40.7. The van der Waals surface area contributed by atoms with Gasteiger partial charge in [0.25, 0.3) is 0 Å². The molecule has 1 nitrogen and oxygen atoms in total. The highest BCUT2D eigenvalue weighted by molar-refractivity contribution is 4.89. The maximum absolute atomic E-state index is 2.56. The van der Waals surface area contributed by atoms with Crippen molar-refractivity contribution in [1.29, 1.82) is 0 Å². The Morgan fingerprint density at radius 2 is 1.93 bits per heavy atom. The highest BCUT2D eigenvalue weighted by Crippen LogP contribution is 2.49. The van der Waals surface area contributed by atoms with Crippen LogP contribution in [-0.2, 0) is 0 Å². The third-order valence-electron chi connectivity index (χ3n) is 4.72. The van der Waals surface area contributed by atoms with Crippen molar-refractivity contribution in [2.45, 2.75) is 44.9 Å². The van der Waals surface area contributed by atoms with Crippen molar-refractivity contribution in [2.24, 2.45) is 17.8 Å². The van der Waals surface area contributed by atoms with Gasteiger partial charge in [-0.15, -0.1) is 0 Å². The lowest BCUT2D eigenvalue weighted by Crippen LogP contribution is -2.10. The molecule has 2 bridgehead atoms. The van der Waals surface area contributed by atoms with Crippen molar-refractivity contribution in [2.75, 3.05) is 19.6 Å². The third kappa shape index (κ3) is 1.98. The number of rotatable bonds is 5. The van der Waals surface area contributed by atoms with E-state index in [1.54, 1.807) is 32.1 Å². The second kappa shape index (κ2) is 3.84. The van der Waals surface area contributed by atoms with Crippen molar-refractivity contribution in [3.8, 4) is 0 Å². The van der Waals surface area contributed by atoms with Crippen LogP contribution < -0.4 is 0 Å². The van der Waals surface area contributed by atoms with Gasteiger partial charge in [0.2, 0.25) is 0 Å². The predicted molar refractivity (Wildman–Crippen MR) is 59.2 cm³/mol. The van der Waals surface area contributed by atoms with Crippen LogP contribution in [0.2, 0.25) is 0 Å². The summed E-state index contributed by atoms with van der Waals surface area (Å²) < 4.78 is 0. The van der Waals surface area contributed by atoms with Crippen LogP contribution in [0.4, 0.5) is 0 Å². The molecule has 3 rings (SSSR count). The number of unbranched alkanes of at least 4 members (excludes halogenated alkanes) is 1. The highest BCUT2D eigenvalue weighted by atomic mass is 15.2. The summed E-state index contributed by atoms with van der Waals surface area (Å²) in [6.07, 6.45) is 10.8. The molecule has 3 aliphatic rings. The molecule has 0 aromatic carbocycles. The molecule has 0 spiro atoms. The second-order valence-electron chi connectivity index (χ2n) is 5.77. The van der Waals surface area contributed by atoms with E-state index in [-0.39, 0.29) is 0 Å². The summed E-state index contributed by atoms with van der Waals surface area (Å²) in [7, 11) is 0. The number of hydrogen-bond donors (Lipinski definition) is 0. The van der Waals surface area contributed by atoms with E-state index < -0.39 is 0 Å². The molecule has 0 aromatic heterocycles. The first-order valence-corrected chi connectivity index (χ1v) is 6.64. The lowest BCUT2D eigenvalue weighted by Gasteiger charge is -2.21. The average molecular weight is 193 g/mol. The Bertz CT molecular complexity index is 197. The smallest absolute Gasteiger partial charge is 0.0110 e. The average Bonchev–Trinajstić information content (AvgIpc) is 2.79. The largest absolute Gasteiger partial charge is 0.301 e. The van der Waals surface area contributed by atoms with Crippen molar-refractivity contribution in [3.63, 3.8) is 0 Å². The molecular formula is C13H23N. The first-order chi connectivity index (χ1) is 6.92. The van der Waals surface area contributed by atoms with Gasteiger partial charge in [-0.2, -0.15) is 0 Å². The molecule has 1 heterocycles. The molecule has 80 valence electrons. The lowest BCUT2D eigenvalue weighted by molar-refractivity contribution is 0.303. The van der Waals surface area contributed by atoms with Crippen LogP contribution in [0.15, 0.2) is 0 Å². The van der Waals surface area contributed by atoms with Gasteiger partial charge in [0.1, 0.15) is 0 Å². The van der Waals surface area contributed by atoms with Gasteiger partial charge in [-0.25, -0.2) is 0 Å². The predicted octanol–water partition coefficient (Wildman–Crippen LogP) is 2.91. The molecule has 3 fully saturated rings. The van der Waals surface area contributed by atoms with Crippen LogP contribution in [0.3, 0.4) is 0 Å². The molecular weight excluding hydrogens is 170 g/mol. The Morgan fingerprint density at radius 3 is 2.57 bits per heavy atom. The lowest BCUT2D eigenvalue weighted by atomic mass is 9.85. The first kappa shape index (κ1) is 9.21. The first-order valence-electron chi connectivity index (χ1n) is 6.64. The van der Waals surface area contributed by atoms with E-state index in [1.165, 1.54) is 32.5 Å². The van der Waals surface area contributed by atoms with Crippen LogP contribution in [0.25, 0.3) is 0 Å². The van der Waals surface area contributed by atoms with E-state index in [9.17, 15) is 0 Å². The molecule has 1 saturated heterocycles. The highest BCUT2D eigenvalue weighted by Gasteiger charge is 2.38. The molecule has 1 heteroatoms. The van der Waals surface area contributed by atoms with Crippen LogP contribution in [-0.4, -0.2) is 24.5 Å². The number of nitrogens with zero attached hydrogens (tertiary/aromatic N) is 1. The molecule has 0 unspecified atom stereocenters. The van der Waals surface area contributed by atoms with Gasteiger partial charge in [0.15, 0.2) is 0 Å². The summed E-state index contributed by atoms with van der Waals surface area (Å²) >= 11 is 0. The maximum Gasteiger partial charge on any atom is 0.0110 e. The fourth-order valence-corrected chi connectivity index (χ4v) is 3.77. The van der Waals surface area contributed by atoms with E-state index in [1.807, 2.05) is 0 Å². The number of hydrogen-bond acceptors (Lipinski definition) is 1. The fraction of sp³-hybridized carbons (Fsp3) is 1.00. The Morgan fingerprint density at radius 1 is 1.00 bits per heavy atom. The molecule has 0 aromatic rings. The van der Waals surface area contributed by atoms with E-state index >= 15 is 0 Å². The van der Waals surface area contributed by atoms with E-state index in [2.05, 4.69) is 4.90 Å². The molecule has 3 atom stereocenters. The quantitative estimate of drug-likeness (QED) is 0.479. The molecule has 2 saturated carbocycles. The minimum atomic E-state index is 1.14. The van der Waals surface area contributed by atoms with Gasteiger partial charge in [-0.3, -0.25) is 0 Å². The van der Waals surface area contributed by atoms with Crippen LogP contribution >= 0.6 is 0 Å². The SMILES string of the molecule is C(CCN1CC1)C[C@H]1C[C@H]2CC[C@H]1C2. The zero-order valence-electron chi connectivity index (χ0n) is 9.25. The van der Waals surface area contributed by atoms with Gasteiger partial charge < -0.3 is 4.90 Å². The van der Waals surface area contributed by atoms with E-state index in [0.717, 1.165) is 17.8 Å². The third-order valence-corrected chi connectivity index (χ3v) is 4.72. The monoisotopic (exact) mass is 193 g/mol. The minimum Gasteiger partial charge on any atom is -0.301 e. The Labute approximate surface area is 87.9 Å². The summed E-state index contributed by atoms with van der Waals surface area (Å²) in [4.78, 5) is 2.56. The standard InChI is InChI=1S/C13H23N/c1(2-6-14-7-8-14)3-12-9-11-4-5-13(12)10-11/h11-13H,1-10H2/t11-,12+,13+/m1/s1. The van der Waals surface area contributed by atoms with E-state index in [4.69, 9.17) is 0 Å². The summed E-state index contributed by atoms with van der Waals surface area (Å²) in [6.45, 7) is 4.16. The van der Waals surface area contributed by atoms with Crippen molar-refractivity contribution in [1.82, 2.24) is 4.90 Å². The van der Waals surface area contributed by atoms with Gasteiger partial charge in [0, 0.05) is 13.1 Å². The molecule has 0 N–H and O–H groups in total. The van der Waals surface area contributed by atoms with Crippen LogP contribution in [0, 0.1) is 17.8 Å². The summed E-state index contributed by atoms with van der Waals surface area (Å²) in [5, 5.41) is 0. The van der Waals surface area contributed by atoms with Crippen LogP contribution in [0.1, 0.15) is 44.9 Å². The Kier molecular flexibility index (Phi) is 2.53. The zero-order valence-corrected chi connectivity index (χ0v) is 9.25. The van der Waals surface area contributed by atoms with Gasteiger partial charge >= 0.3 is 0 Å².